The lowest BCUT2D eigenvalue weighted by atomic mass is 9.91. The van der Waals surface area contributed by atoms with Crippen LogP contribution in [0.4, 0.5) is 0 Å². The second-order valence-electron chi connectivity index (χ2n) is 6.70. The van der Waals surface area contributed by atoms with Crippen molar-refractivity contribution in [2.75, 3.05) is 19.6 Å². The van der Waals surface area contributed by atoms with Gasteiger partial charge in [-0.3, -0.25) is 9.80 Å². The first kappa shape index (κ1) is 13.0. The van der Waals surface area contributed by atoms with E-state index >= 15 is 0 Å². The van der Waals surface area contributed by atoms with Crippen molar-refractivity contribution in [1.82, 2.24) is 9.80 Å². The molecule has 0 aliphatic carbocycles. The summed E-state index contributed by atoms with van der Waals surface area (Å²) in [5.41, 5.74) is 0.577. The van der Waals surface area contributed by atoms with Crippen LogP contribution in [0.3, 0.4) is 0 Å². The highest BCUT2D eigenvalue weighted by atomic mass is 15.3. The van der Waals surface area contributed by atoms with Crippen molar-refractivity contribution in [2.24, 2.45) is 0 Å². The predicted octanol–water partition coefficient (Wildman–Crippen LogP) is 2.59. The summed E-state index contributed by atoms with van der Waals surface area (Å²) in [6, 6.07) is 0.673. The zero-order valence-electron chi connectivity index (χ0n) is 11.6. The minimum Gasteiger partial charge on any atom is -0.298 e. The van der Waals surface area contributed by atoms with Crippen LogP contribution in [0, 0.1) is 0 Å². The lowest BCUT2D eigenvalue weighted by Crippen LogP contribution is -2.65. The Morgan fingerprint density at radius 3 is 1.93 bits per heavy atom. The third-order valence-electron chi connectivity index (χ3n) is 3.47. The van der Waals surface area contributed by atoms with Crippen molar-refractivity contribution >= 4 is 0 Å². The van der Waals surface area contributed by atoms with E-state index in [1.807, 2.05) is 0 Å². The quantitative estimate of drug-likeness (QED) is 0.659. The van der Waals surface area contributed by atoms with E-state index in [-0.39, 0.29) is 5.54 Å². The van der Waals surface area contributed by atoms with Gasteiger partial charge in [-0.05, 0) is 48.5 Å². The van der Waals surface area contributed by atoms with Gasteiger partial charge in [0.05, 0.1) is 0 Å². The average Bonchev–Trinajstić information content (AvgIpc) is 1.99. The number of piperazine rings is 1. The van der Waals surface area contributed by atoms with Gasteiger partial charge in [0.25, 0.3) is 0 Å². The summed E-state index contributed by atoms with van der Waals surface area (Å²) in [5, 5.41) is 0. The Hall–Kier alpha value is -0.0800. The predicted molar refractivity (Wildman–Crippen MR) is 67.2 cm³/mol. The van der Waals surface area contributed by atoms with Gasteiger partial charge < -0.3 is 0 Å². The number of hydrogen-bond donors (Lipinski definition) is 0. The molecule has 0 aromatic rings. The van der Waals surface area contributed by atoms with Crippen molar-refractivity contribution in [3.05, 3.63) is 0 Å². The molecule has 1 saturated heterocycles. The lowest BCUT2D eigenvalue weighted by molar-refractivity contribution is -0.0468. The smallest absolute Gasteiger partial charge is 0.0286 e. The van der Waals surface area contributed by atoms with Gasteiger partial charge in [-0.2, -0.15) is 0 Å². The molecule has 0 bridgehead atoms. The fourth-order valence-electron chi connectivity index (χ4n) is 2.88. The van der Waals surface area contributed by atoms with Gasteiger partial charge >= 0.3 is 0 Å². The summed E-state index contributed by atoms with van der Waals surface area (Å²) in [6.45, 7) is 19.9. The molecule has 0 radical (unpaired) electrons. The van der Waals surface area contributed by atoms with Crippen LogP contribution in [0.2, 0.25) is 0 Å². The number of hydrogen-bond acceptors (Lipinski definition) is 2. The maximum atomic E-state index is 2.64. The van der Waals surface area contributed by atoms with E-state index in [9.17, 15) is 0 Å². The number of rotatable bonds is 1. The molecule has 0 atom stereocenters. The SMILES string of the molecule is CC(C)N1CCN(C(C)(C)C)C(C)(C)C1. The van der Waals surface area contributed by atoms with Crippen molar-refractivity contribution in [3.8, 4) is 0 Å². The number of nitrogens with zero attached hydrogens (tertiary/aromatic N) is 2. The van der Waals surface area contributed by atoms with Gasteiger partial charge in [0.1, 0.15) is 0 Å². The summed E-state index contributed by atoms with van der Waals surface area (Å²) >= 11 is 0. The molecular formula is C13H28N2. The highest BCUT2D eigenvalue weighted by Gasteiger charge is 2.39. The van der Waals surface area contributed by atoms with Crippen molar-refractivity contribution in [3.63, 3.8) is 0 Å². The standard InChI is InChI=1S/C13H28N2/c1-11(2)14-8-9-15(12(3,4)5)13(6,7)10-14/h11H,8-10H2,1-7H3. The molecule has 1 heterocycles. The molecule has 15 heavy (non-hydrogen) atoms. The topological polar surface area (TPSA) is 6.48 Å². The highest BCUT2D eigenvalue weighted by Crippen LogP contribution is 2.29. The molecule has 0 saturated carbocycles. The summed E-state index contributed by atoms with van der Waals surface area (Å²) in [6.07, 6.45) is 0. The van der Waals surface area contributed by atoms with Gasteiger partial charge in [0.2, 0.25) is 0 Å². The van der Waals surface area contributed by atoms with Crippen LogP contribution in [0.15, 0.2) is 0 Å². The molecule has 0 aromatic carbocycles. The van der Waals surface area contributed by atoms with Gasteiger partial charge in [-0.15, -0.1) is 0 Å². The van der Waals surface area contributed by atoms with Gasteiger partial charge in [0.15, 0.2) is 0 Å². The second kappa shape index (κ2) is 4.06. The molecule has 1 fully saturated rings. The minimum atomic E-state index is 0.284. The summed E-state index contributed by atoms with van der Waals surface area (Å²) in [7, 11) is 0. The van der Waals surface area contributed by atoms with Crippen LogP contribution >= 0.6 is 0 Å². The average molecular weight is 212 g/mol. The molecule has 1 aliphatic heterocycles. The highest BCUT2D eigenvalue weighted by molar-refractivity contribution is 4.96. The molecule has 1 rings (SSSR count). The molecular weight excluding hydrogens is 184 g/mol. The first-order chi connectivity index (χ1) is 6.64. The fraction of sp³-hybridized carbons (Fsp3) is 1.00. The molecule has 0 N–H and O–H groups in total. The fourth-order valence-corrected chi connectivity index (χ4v) is 2.88. The molecule has 0 spiro atoms. The molecule has 2 heteroatoms. The maximum Gasteiger partial charge on any atom is 0.0286 e. The van der Waals surface area contributed by atoms with Gasteiger partial charge in [-0.1, -0.05) is 0 Å². The maximum absolute atomic E-state index is 2.64. The Bertz CT molecular complexity index is 213. The van der Waals surface area contributed by atoms with E-state index in [0.29, 0.717) is 11.6 Å². The minimum absolute atomic E-state index is 0.284. The molecule has 0 aromatic heterocycles. The van der Waals surface area contributed by atoms with Crippen LogP contribution in [0.5, 0.6) is 0 Å². The van der Waals surface area contributed by atoms with Gasteiger partial charge in [0, 0.05) is 36.8 Å². The third kappa shape index (κ3) is 2.94. The van der Waals surface area contributed by atoms with Crippen LogP contribution in [-0.2, 0) is 0 Å². The first-order valence-corrected chi connectivity index (χ1v) is 6.16. The third-order valence-corrected chi connectivity index (χ3v) is 3.47. The summed E-state index contributed by atoms with van der Waals surface area (Å²) < 4.78 is 0. The molecule has 2 nitrogen and oxygen atoms in total. The Morgan fingerprint density at radius 2 is 1.60 bits per heavy atom. The Kier molecular flexibility index (Phi) is 3.52. The van der Waals surface area contributed by atoms with Crippen LogP contribution in [0.1, 0.15) is 48.5 Å². The van der Waals surface area contributed by atoms with Crippen molar-refractivity contribution in [1.29, 1.82) is 0 Å². The molecule has 0 amide bonds. The molecule has 90 valence electrons. The van der Waals surface area contributed by atoms with Crippen LogP contribution in [0.25, 0.3) is 0 Å². The molecule has 1 aliphatic rings. The Balaban J connectivity index is 2.75. The molecule has 0 unspecified atom stereocenters. The van der Waals surface area contributed by atoms with Crippen molar-refractivity contribution in [2.45, 2.75) is 65.6 Å². The van der Waals surface area contributed by atoms with Crippen molar-refractivity contribution < 1.29 is 0 Å². The summed E-state index contributed by atoms with van der Waals surface area (Å²) in [4.78, 5) is 5.22. The normalized spacial score (nSPS) is 24.8. The first-order valence-electron chi connectivity index (χ1n) is 6.16. The van der Waals surface area contributed by atoms with E-state index in [0.717, 1.165) is 0 Å². The zero-order valence-corrected chi connectivity index (χ0v) is 11.6. The van der Waals surface area contributed by atoms with E-state index in [2.05, 4.69) is 58.3 Å². The van der Waals surface area contributed by atoms with E-state index in [4.69, 9.17) is 0 Å². The zero-order chi connectivity index (χ0) is 11.9. The van der Waals surface area contributed by atoms with Gasteiger partial charge in [-0.25, -0.2) is 0 Å². The van der Waals surface area contributed by atoms with E-state index in [1.54, 1.807) is 0 Å². The van der Waals surface area contributed by atoms with Crippen LogP contribution in [-0.4, -0.2) is 46.6 Å². The monoisotopic (exact) mass is 212 g/mol. The van der Waals surface area contributed by atoms with E-state index in [1.165, 1.54) is 19.6 Å². The van der Waals surface area contributed by atoms with Crippen LogP contribution < -0.4 is 0 Å². The largest absolute Gasteiger partial charge is 0.298 e. The Morgan fingerprint density at radius 1 is 1.07 bits per heavy atom. The lowest BCUT2D eigenvalue weighted by Gasteiger charge is -2.54. The summed E-state index contributed by atoms with van der Waals surface area (Å²) in [5.74, 6) is 0. The van der Waals surface area contributed by atoms with E-state index < -0.39 is 0 Å². The Labute approximate surface area is 95.6 Å². The second-order valence-corrected chi connectivity index (χ2v) is 6.70.